The van der Waals surface area contributed by atoms with Crippen molar-refractivity contribution in [1.82, 2.24) is 9.97 Å². The SMILES string of the molecule is Cc1nc(CC2CCN(c3ccc(C(C)(C)C)s3)CC2)nc(C(=O)CCCC(=O)O)c1O. The van der Waals surface area contributed by atoms with E-state index < -0.39 is 5.97 Å². The summed E-state index contributed by atoms with van der Waals surface area (Å²) in [5.41, 5.74) is 0.573. The average molecular weight is 460 g/mol. The predicted octanol–water partition coefficient (Wildman–Crippen LogP) is 4.75. The molecule has 1 saturated heterocycles. The minimum atomic E-state index is -0.940. The largest absolute Gasteiger partial charge is 0.504 e. The van der Waals surface area contributed by atoms with Crippen LogP contribution in [0.25, 0.3) is 0 Å². The molecule has 0 aromatic carbocycles. The van der Waals surface area contributed by atoms with Crippen LogP contribution >= 0.6 is 11.3 Å². The number of aryl methyl sites for hydroxylation is 1. The number of aromatic nitrogens is 2. The highest BCUT2D eigenvalue weighted by Crippen LogP contribution is 2.36. The lowest BCUT2D eigenvalue weighted by Gasteiger charge is -2.32. The number of aromatic hydroxyl groups is 1. The minimum Gasteiger partial charge on any atom is -0.504 e. The summed E-state index contributed by atoms with van der Waals surface area (Å²) in [5, 5.41) is 20.3. The van der Waals surface area contributed by atoms with Crippen molar-refractivity contribution >= 4 is 28.1 Å². The van der Waals surface area contributed by atoms with Gasteiger partial charge in [-0.3, -0.25) is 9.59 Å². The number of ketones is 1. The Morgan fingerprint density at radius 2 is 1.84 bits per heavy atom. The van der Waals surface area contributed by atoms with Crippen molar-refractivity contribution in [2.75, 3.05) is 18.0 Å². The summed E-state index contributed by atoms with van der Waals surface area (Å²) in [6, 6.07) is 4.45. The molecule has 0 unspecified atom stereocenters. The second-order valence-corrected chi connectivity index (χ2v) is 10.7. The first-order chi connectivity index (χ1) is 15.0. The van der Waals surface area contributed by atoms with Crippen molar-refractivity contribution in [2.24, 2.45) is 5.92 Å². The molecular formula is C24H33N3O4S. The summed E-state index contributed by atoms with van der Waals surface area (Å²) in [4.78, 5) is 35.8. The normalized spacial score (nSPS) is 15.2. The van der Waals surface area contributed by atoms with Gasteiger partial charge in [-0.15, -0.1) is 11.3 Å². The third kappa shape index (κ3) is 6.06. The molecular weight excluding hydrogens is 426 g/mol. The van der Waals surface area contributed by atoms with E-state index in [0.717, 1.165) is 25.9 Å². The maximum absolute atomic E-state index is 12.5. The Labute approximate surface area is 193 Å². The molecule has 8 heteroatoms. The molecule has 1 aliphatic rings. The summed E-state index contributed by atoms with van der Waals surface area (Å²) >= 11 is 1.87. The summed E-state index contributed by atoms with van der Waals surface area (Å²) in [7, 11) is 0. The first kappa shape index (κ1) is 24.2. The van der Waals surface area contributed by atoms with E-state index in [9.17, 15) is 14.7 Å². The van der Waals surface area contributed by atoms with Crippen LogP contribution in [0, 0.1) is 12.8 Å². The van der Waals surface area contributed by atoms with Gasteiger partial charge < -0.3 is 15.1 Å². The van der Waals surface area contributed by atoms with Gasteiger partial charge >= 0.3 is 5.97 Å². The van der Waals surface area contributed by atoms with Gasteiger partial charge in [0, 0.05) is 37.2 Å². The molecule has 0 spiro atoms. The summed E-state index contributed by atoms with van der Waals surface area (Å²) in [6.07, 6.45) is 2.91. The highest BCUT2D eigenvalue weighted by atomic mass is 32.1. The smallest absolute Gasteiger partial charge is 0.303 e. The van der Waals surface area contributed by atoms with Crippen molar-refractivity contribution in [1.29, 1.82) is 0 Å². The van der Waals surface area contributed by atoms with Crippen LogP contribution in [0.1, 0.15) is 79.8 Å². The third-order valence-electron chi connectivity index (χ3n) is 5.89. The van der Waals surface area contributed by atoms with Crippen LogP contribution in [0.15, 0.2) is 12.1 Å². The van der Waals surface area contributed by atoms with Crippen molar-refractivity contribution in [3.8, 4) is 5.75 Å². The molecule has 2 aromatic rings. The van der Waals surface area contributed by atoms with Crippen LogP contribution in [-0.2, 0) is 16.6 Å². The number of carbonyl (C=O) groups excluding carboxylic acids is 1. The van der Waals surface area contributed by atoms with E-state index >= 15 is 0 Å². The van der Waals surface area contributed by atoms with Gasteiger partial charge in [0.1, 0.15) is 5.82 Å². The van der Waals surface area contributed by atoms with Crippen molar-refractivity contribution in [3.05, 3.63) is 34.2 Å². The van der Waals surface area contributed by atoms with E-state index in [4.69, 9.17) is 5.11 Å². The zero-order valence-electron chi connectivity index (χ0n) is 19.3. The molecule has 3 heterocycles. The minimum absolute atomic E-state index is 0.0172. The fraction of sp³-hybridized carbons (Fsp3) is 0.583. The van der Waals surface area contributed by atoms with Crippen LogP contribution in [0.3, 0.4) is 0 Å². The number of carbonyl (C=O) groups is 2. The monoisotopic (exact) mass is 459 g/mol. The first-order valence-corrected chi connectivity index (χ1v) is 12.0. The lowest BCUT2D eigenvalue weighted by atomic mass is 9.93. The lowest BCUT2D eigenvalue weighted by Crippen LogP contribution is -2.34. The fourth-order valence-electron chi connectivity index (χ4n) is 3.95. The number of aliphatic carboxylic acids is 1. The Morgan fingerprint density at radius 3 is 2.44 bits per heavy atom. The van der Waals surface area contributed by atoms with Crippen LogP contribution < -0.4 is 4.90 Å². The number of carboxylic acids is 1. The van der Waals surface area contributed by atoms with Crippen molar-refractivity contribution in [2.45, 2.75) is 71.6 Å². The van der Waals surface area contributed by atoms with Gasteiger partial charge in [-0.25, -0.2) is 9.97 Å². The Bertz CT molecular complexity index is 972. The Balaban J connectivity index is 1.61. The zero-order valence-corrected chi connectivity index (χ0v) is 20.2. The van der Waals surface area contributed by atoms with Crippen molar-refractivity contribution in [3.63, 3.8) is 0 Å². The molecule has 32 heavy (non-hydrogen) atoms. The van der Waals surface area contributed by atoms with E-state index in [1.165, 1.54) is 9.88 Å². The van der Waals surface area contributed by atoms with Gasteiger partial charge in [-0.05, 0) is 49.7 Å². The van der Waals surface area contributed by atoms with E-state index in [1.807, 2.05) is 11.3 Å². The molecule has 0 radical (unpaired) electrons. The zero-order chi connectivity index (χ0) is 23.5. The number of hydrogen-bond acceptors (Lipinski definition) is 7. The molecule has 174 valence electrons. The van der Waals surface area contributed by atoms with Gasteiger partial charge in [-0.2, -0.15) is 0 Å². The van der Waals surface area contributed by atoms with Gasteiger partial charge in [0.2, 0.25) is 0 Å². The van der Waals surface area contributed by atoms with Crippen LogP contribution in [0.5, 0.6) is 5.75 Å². The van der Waals surface area contributed by atoms with Gasteiger partial charge in [-0.1, -0.05) is 20.8 Å². The van der Waals surface area contributed by atoms with E-state index in [0.29, 0.717) is 23.9 Å². The standard InChI is InChI=1S/C24H33N3O4S/c1-15-23(31)22(17(28)6-5-7-21(29)30)26-19(25-15)14-16-10-12-27(13-11-16)20-9-8-18(32-20)24(2,3)4/h8-9,16,31H,5-7,10-14H2,1-4H3,(H,29,30). The molecule has 0 bridgehead atoms. The summed E-state index contributed by atoms with van der Waals surface area (Å²) < 4.78 is 0. The summed E-state index contributed by atoms with van der Waals surface area (Å²) in [5.74, 6) is -0.474. The van der Waals surface area contributed by atoms with Gasteiger partial charge in [0.25, 0.3) is 0 Å². The molecule has 0 amide bonds. The number of carboxylic acid groups (broad SMARTS) is 1. The fourth-order valence-corrected chi connectivity index (χ4v) is 5.06. The second kappa shape index (κ2) is 9.98. The highest BCUT2D eigenvalue weighted by Gasteiger charge is 2.25. The number of piperidine rings is 1. The second-order valence-electron chi connectivity index (χ2n) is 9.62. The highest BCUT2D eigenvalue weighted by molar-refractivity contribution is 7.16. The summed E-state index contributed by atoms with van der Waals surface area (Å²) in [6.45, 7) is 10.3. The van der Waals surface area contributed by atoms with Gasteiger partial charge in [0.05, 0.1) is 10.7 Å². The van der Waals surface area contributed by atoms with E-state index in [1.54, 1.807) is 6.92 Å². The number of anilines is 1. The van der Waals surface area contributed by atoms with Crippen LogP contribution in [-0.4, -0.2) is 45.0 Å². The van der Waals surface area contributed by atoms with Crippen molar-refractivity contribution < 1.29 is 19.8 Å². The molecule has 2 N–H and O–H groups in total. The molecule has 3 rings (SSSR count). The molecule has 1 aliphatic heterocycles. The number of rotatable bonds is 8. The molecule has 0 aliphatic carbocycles. The Hall–Kier alpha value is -2.48. The predicted molar refractivity (Wildman–Crippen MR) is 126 cm³/mol. The quantitative estimate of drug-likeness (QED) is 0.549. The third-order valence-corrected chi connectivity index (χ3v) is 7.46. The Kier molecular flexibility index (Phi) is 7.54. The molecule has 1 fully saturated rings. The van der Waals surface area contributed by atoms with Crippen LogP contribution in [0.4, 0.5) is 5.00 Å². The molecule has 0 atom stereocenters. The Morgan fingerprint density at radius 1 is 1.16 bits per heavy atom. The molecule has 0 saturated carbocycles. The van der Waals surface area contributed by atoms with Crippen LogP contribution in [0.2, 0.25) is 0 Å². The lowest BCUT2D eigenvalue weighted by molar-refractivity contribution is -0.137. The molecule has 2 aromatic heterocycles. The van der Waals surface area contributed by atoms with E-state index in [-0.39, 0.29) is 41.9 Å². The number of Topliss-reactive ketones (excluding diaryl/α,β-unsaturated/α-hetero) is 1. The maximum atomic E-state index is 12.5. The molecule has 7 nitrogen and oxygen atoms in total. The van der Waals surface area contributed by atoms with Gasteiger partial charge in [0.15, 0.2) is 17.2 Å². The number of thiophene rings is 1. The number of nitrogens with zero attached hydrogens (tertiary/aromatic N) is 3. The first-order valence-electron chi connectivity index (χ1n) is 11.2. The maximum Gasteiger partial charge on any atom is 0.303 e. The topological polar surface area (TPSA) is 104 Å². The van der Waals surface area contributed by atoms with E-state index in [2.05, 4.69) is 47.8 Å². The average Bonchev–Trinajstić information content (AvgIpc) is 3.21. The number of hydrogen-bond donors (Lipinski definition) is 2.